The molecule has 1 amide bonds. The monoisotopic (exact) mass is 312 g/mol. The van der Waals surface area contributed by atoms with E-state index in [1.165, 1.54) is 0 Å². The summed E-state index contributed by atoms with van der Waals surface area (Å²) in [5.74, 6) is -1.10. The van der Waals surface area contributed by atoms with Crippen LogP contribution in [0.2, 0.25) is 5.02 Å². The number of carbonyl (C=O) groups excluding carboxylic acids is 2. The van der Waals surface area contributed by atoms with Crippen LogP contribution < -0.4 is 15.7 Å². The standard InChI is InChI=1S/C15H21ClN2O3/c1-10(2)6-7-17-13(15(20)21)9-14(19)18-12-5-3-4-11(16)8-12/h3-5,8,10,13,17H,6-7,9H2,1-2H3,(H,18,19)(H,20,21)/t13-/m1/s1. The van der Waals surface area contributed by atoms with Gasteiger partial charge in [-0.1, -0.05) is 31.5 Å². The van der Waals surface area contributed by atoms with Gasteiger partial charge in [-0.15, -0.1) is 0 Å². The molecule has 0 unspecified atom stereocenters. The lowest BCUT2D eigenvalue weighted by Crippen LogP contribution is -2.93. The molecule has 0 saturated carbocycles. The van der Waals surface area contributed by atoms with Gasteiger partial charge in [0.15, 0.2) is 0 Å². The first-order chi connectivity index (χ1) is 9.88. The van der Waals surface area contributed by atoms with Crippen LogP contribution in [0.4, 0.5) is 5.69 Å². The summed E-state index contributed by atoms with van der Waals surface area (Å²) in [6.07, 6.45) is 0.757. The molecule has 3 N–H and O–H groups in total. The van der Waals surface area contributed by atoms with Crippen molar-refractivity contribution in [3.05, 3.63) is 29.3 Å². The van der Waals surface area contributed by atoms with E-state index in [0.717, 1.165) is 6.42 Å². The quantitative estimate of drug-likeness (QED) is 0.728. The van der Waals surface area contributed by atoms with Gasteiger partial charge in [0.25, 0.3) is 0 Å². The first-order valence-corrected chi connectivity index (χ1v) is 7.36. The van der Waals surface area contributed by atoms with Crippen molar-refractivity contribution in [3.8, 4) is 0 Å². The van der Waals surface area contributed by atoms with Crippen LogP contribution >= 0.6 is 11.6 Å². The van der Waals surface area contributed by atoms with Crippen LogP contribution in [0.1, 0.15) is 26.7 Å². The molecule has 0 heterocycles. The fourth-order valence-corrected chi connectivity index (χ4v) is 2.06. The summed E-state index contributed by atoms with van der Waals surface area (Å²) in [5.41, 5.74) is 0.548. The second kappa shape index (κ2) is 8.64. The van der Waals surface area contributed by atoms with Gasteiger partial charge in [0.2, 0.25) is 5.91 Å². The van der Waals surface area contributed by atoms with Gasteiger partial charge in [-0.3, -0.25) is 4.79 Å². The number of rotatable bonds is 8. The first-order valence-electron chi connectivity index (χ1n) is 6.98. The van der Waals surface area contributed by atoms with E-state index in [1.54, 1.807) is 29.6 Å². The normalized spacial score (nSPS) is 12.2. The fourth-order valence-electron chi connectivity index (χ4n) is 1.87. The molecule has 21 heavy (non-hydrogen) atoms. The largest absolute Gasteiger partial charge is 0.544 e. The summed E-state index contributed by atoms with van der Waals surface area (Å²) in [5, 5.41) is 15.9. The molecular weight excluding hydrogens is 292 g/mol. The minimum Gasteiger partial charge on any atom is -0.544 e. The second-order valence-electron chi connectivity index (χ2n) is 5.40. The summed E-state index contributed by atoms with van der Waals surface area (Å²) >= 11 is 5.82. The van der Waals surface area contributed by atoms with E-state index in [9.17, 15) is 14.7 Å². The van der Waals surface area contributed by atoms with Crippen molar-refractivity contribution >= 4 is 29.2 Å². The molecule has 1 aromatic rings. The van der Waals surface area contributed by atoms with Crippen LogP contribution in [0.15, 0.2) is 24.3 Å². The summed E-state index contributed by atoms with van der Waals surface area (Å²) in [6.45, 7) is 4.78. The van der Waals surface area contributed by atoms with Crippen LogP contribution in [0.25, 0.3) is 0 Å². The number of aliphatic carboxylic acids is 1. The molecule has 1 rings (SSSR count). The third-order valence-electron chi connectivity index (χ3n) is 3.01. The maximum Gasteiger partial charge on any atom is 0.230 e. The van der Waals surface area contributed by atoms with Crippen molar-refractivity contribution in [2.45, 2.75) is 32.7 Å². The number of anilines is 1. The zero-order valence-corrected chi connectivity index (χ0v) is 13.0. The Labute approximate surface area is 129 Å². The lowest BCUT2D eigenvalue weighted by atomic mass is 10.1. The number of carbonyl (C=O) groups is 2. The van der Waals surface area contributed by atoms with Crippen LogP contribution in [0, 0.1) is 5.92 Å². The smallest absolute Gasteiger partial charge is 0.230 e. The van der Waals surface area contributed by atoms with E-state index in [0.29, 0.717) is 23.2 Å². The number of hydrogen-bond donors (Lipinski definition) is 2. The van der Waals surface area contributed by atoms with Crippen molar-refractivity contribution in [1.82, 2.24) is 0 Å². The van der Waals surface area contributed by atoms with E-state index in [1.807, 2.05) is 0 Å². The number of quaternary nitrogens is 1. The van der Waals surface area contributed by atoms with Gasteiger partial charge in [-0.2, -0.15) is 0 Å². The highest BCUT2D eigenvalue weighted by Gasteiger charge is 2.18. The van der Waals surface area contributed by atoms with Crippen LogP contribution in [-0.4, -0.2) is 24.5 Å². The maximum atomic E-state index is 11.9. The Bertz CT molecular complexity index is 492. The van der Waals surface area contributed by atoms with Crippen LogP contribution in [0.5, 0.6) is 0 Å². The summed E-state index contributed by atoms with van der Waals surface area (Å²) in [4.78, 5) is 22.9. The number of carboxylic acids is 1. The predicted octanol–water partition coefficient (Wildman–Crippen LogP) is 0.397. The van der Waals surface area contributed by atoms with Crippen molar-refractivity contribution in [2.24, 2.45) is 5.92 Å². The summed E-state index contributed by atoms with van der Waals surface area (Å²) in [7, 11) is 0. The van der Waals surface area contributed by atoms with Gasteiger partial charge < -0.3 is 20.5 Å². The van der Waals surface area contributed by atoms with Gasteiger partial charge in [0.05, 0.1) is 18.9 Å². The number of hydrogen-bond acceptors (Lipinski definition) is 3. The highest BCUT2D eigenvalue weighted by Crippen LogP contribution is 2.15. The van der Waals surface area contributed by atoms with E-state index in [4.69, 9.17) is 11.6 Å². The Balaban J connectivity index is 2.50. The predicted molar refractivity (Wildman–Crippen MR) is 79.7 cm³/mol. The van der Waals surface area contributed by atoms with E-state index >= 15 is 0 Å². The molecule has 0 aromatic heterocycles. The Hall–Kier alpha value is -1.59. The van der Waals surface area contributed by atoms with E-state index in [2.05, 4.69) is 19.2 Å². The first kappa shape index (κ1) is 17.5. The minimum atomic E-state index is -1.22. The highest BCUT2D eigenvalue weighted by molar-refractivity contribution is 6.30. The Kier molecular flexibility index (Phi) is 7.19. The van der Waals surface area contributed by atoms with E-state index in [-0.39, 0.29) is 12.3 Å². The van der Waals surface area contributed by atoms with Gasteiger partial charge in [-0.25, -0.2) is 0 Å². The molecule has 6 heteroatoms. The third-order valence-corrected chi connectivity index (χ3v) is 3.25. The molecule has 116 valence electrons. The van der Waals surface area contributed by atoms with Gasteiger partial charge >= 0.3 is 0 Å². The summed E-state index contributed by atoms with van der Waals surface area (Å²) < 4.78 is 0. The average Bonchev–Trinajstić information content (AvgIpc) is 2.36. The van der Waals surface area contributed by atoms with Gasteiger partial charge in [-0.05, 0) is 30.5 Å². The topological polar surface area (TPSA) is 85.8 Å². The van der Waals surface area contributed by atoms with Crippen molar-refractivity contribution in [1.29, 1.82) is 0 Å². The second-order valence-corrected chi connectivity index (χ2v) is 5.83. The third kappa shape index (κ3) is 7.11. The number of amides is 1. The number of carboxylic acid groups (broad SMARTS) is 1. The fraction of sp³-hybridized carbons (Fsp3) is 0.467. The Morgan fingerprint density at radius 1 is 1.38 bits per heavy atom. The molecule has 0 saturated heterocycles. The lowest BCUT2D eigenvalue weighted by Gasteiger charge is -2.17. The molecule has 0 spiro atoms. The van der Waals surface area contributed by atoms with Crippen LogP contribution in [0.3, 0.4) is 0 Å². The highest BCUT2D eigenvalue weighted by atomic mass is 35.5. The molecule has 0 bridgehead atoms. The van der Waals surface area contributed by atoms with Crippen molar-refractivity contribution < 1.29 is 20.0 Å². The minimum absolute atomic E-state index is 0.132. The zero-order valence-electron chi connectivity index (χ0n) is 12.3. The summed E-state index contributed by atoms with van der Waals surface area (Å²) in [6, 6.07) is 5.84. The lowest BCUT2D eigenvalue weighted by molar-refractivity contribution is -0.683. The zero-order chi connectivity index (χ0) is 15.8. The maximum absolute atomic E-state index is 11.9. The van der Waals surface area contributed by atoms with Crippen molar-refractivity contribution in [2.75, 3.05) is 11.9 Å². The number of nitrogens with one attached hydrogen (secondary N) is 1. The Morgan fingerprint density at radius 3 is 2.67 bits per heavy atom. The number of benzene rings is 1. The van der Waals surface area contributed by atoms with Crippen molar-refractivity contribution in [3.63, 3.8) is 0 Å². The Morgan fingerprint density at radius 2 is 2.10 bits per heavy atom. The SMILES string of the molecule is CC(C)CC[NH2+][C@H](CC(=O)Nc1cccc(Cl)c1)C(=O)[O-]. The molecule has 0 aliphatic carbocycles. The molecule has 1 atom stereocenters. The molecule has 5 nitrogen and oxygen atoms in total. The van der Waals surface area contributed by atoms with Gasteiger partial charge in [0.1, 0.15) is 6.04 Å². The molecule has 0 fully saturated rings. The molecule has 0 aliphatic rings. The van der Waals surface area contributed by atoms with E-state index < -0.39 is 12.0 Å². The molecule has 1 aromatic carbocycles. The number of halogens is 1. The molecule has 0 aliphatic heterocycles. The molecule has 0 radical (unpaired) electrons. The molecular formula is C15H21ClN2O3. The van der Waals surface area contributed by atoms with Crippen LogP contribution in [-0.2, 0) is 9.59 Å². The number of nitrogens with two attached hydrogens (primary N) is 1. The average molecular weight is 313 g/mol. The van der Waals surface area contributed by atoms with Gasteiger partial charge in [0, 0.05) is 10.7 Å².